The van der Waals surface area contributed by atoms with Crippen molar-refractivity contribution >= 4 is 5.97 Å². The summed E-state index contributed by atoms with van der Waals surface area (Å²) in [5.41, 5.74) is -0.123. The van der Waals surface area contributed by atoms with Gasteiger partial charge in [0.1, 0.15) is 23.2 Å². The van der Waals surface area contributed by atoms with E-state index >= 15 is 0 Å². The lowest BCUT2D eigenvalue weighted by atomic mass is 9.98. The summed E-state index contributed by atoms with van der Waals surface area (Å²) in [6.07, 6.45) is 1.89. The predicted octanol–water partition coefficient (Wildman–Crippen LogP) is 2.20. The topological polar surface area (TPSA) is 47.6 Å². The second kappa shape index (κ2) is 5.79. The van der Waals surface area contributed by atoms with Gasteiger partial charge < -0.3 is 14.8 Å². The molecule has 0 aromatic heterocycles. The fourth-order valence-corrected chi connectivity index (χ4v) is 2.69. The first-order valence-electron chi connectivity index (χ1n) is 6.71. The lowest BCUT2D eigenvalue weighted by Crippen LogP contribution is -2.49. The predicted molar refractivity (Wildman–Crippen MR) is 73.2 cm³/mol. The number of likely N-dealkylation sites (N-methyl/N-ethyl adjacent to an activating group) is 1. The molecule has 1 aromatic carbocycles. The van der Waals surface area contributed by atoms with E-state index in [9.17, 15) is 9.18 Å². The Balaban J connectivity index is 2.05. The van der Waals surface area contributed by atoms with E-state index in [0.717, 1.165) is 6.42 Å². The molecule has 1 N–H and O–H groups in total. The maximum atomic E-state index is 13.2. The van der Waals surface area contributed by atoms with Crippen molar-refractivity contribution in [1.29, 1.82) is 0 Å². The van der Waals surface area contributed by atoms with Gasteiger partial charge in [-0.2, -0.15) is 0 Å². The number of hydrogen-bond donors (Lipinski definition) is 1. The minimum Gasteiger partial charge on any atom is -0.490 e. The number of nitrogens with one attached hydrogen (secondary N) is 1. The van der Waals surface area contributed by atoms with Crippen LogP contribution in [0.25, 0.3) is 0 Å². The number of methoxy groups -OCH3 is 1. The van der Waals surface area contributed by atoms with Gasteiger partial charge in [-0.1, -0.05) is 0 Å². The van der Waals surface area contributed by atoms with Crippen LogP contribution in [0, 0.1) is 12.7 Å². The molecule has 0 spiro atoms. The first kappa shape index (κ1) is 14.8. The number of ether oxygens (including phenoxy) is 2. The van der Waals surface area contributed by atoms with Crippen LogP contribution in [0.1, 0.15) is 24.8 Å². The van der Waals surface area contributed by atoms with E-state index < -0.39 is 5.54 Å². The van der Waals surface area contributed by atoms with E-state index in [1.807, 2.05) is 0 Å². The van der Waals surface area contributed by atoms with Crippen LogP contribution >= 0.6 is 0 Å². The Morgan fingerprint density at radius 2 is 2.25 bits per heavy atom. The zero-order valence-corrected chi connectivity index (χ0v) is 12.0. The van der Waals surface area contributed by atoms with Gasteiger partial charge in [0.05, 0.1) is 7.11 Å². The number of aryl methyl sites for hydroxylation is 1. The highest BCUT2D eigenvalue weighted by Gasteiger charge is 2.46. The van der Waals surface area contributed by atoms with E-state index in [0.29, 0.717) is 24.2 Å². The lowest BCUT2D eigenvalue weighted by Gasteiger charge is -2.25. The van der Waals surface area contributed by atoms with Gasteiger partial charge in [-0.15, -0.1) is 0 Å². The molecule has 20 heavy (non-hydrogen) atoms. The number of rotatable bonds is 4. The summed E-state index contributed by atoms with van der Waals surface area (Å²) in [5.74, 6) is 0.120. The van der Waals surface area contributed by atoms with Crippen molar-refractivity contribution in [3.05, 3.63) is 29.6 Å². The van der Waals surface area contributed by atoms with Crippen LogP contribution in [0.5, 0.6) is 5.75 Å². The normalized spacial score (nSPS) is 25.5. The van der Waals surface area contributed by atoms with Gasteiger partial charge in [0.2, 0.25) is 0 Å². The number of carbonyl (C=O) groups is 1. The molecule has 2 atom stereocenters. The maximum absolute atomic E-state index is 13.2. The number of benzene rings is 1. The third kappa shape index (κ3) is 2.77. The highest BCUT2D eigenvalue weighted by atomic mass is 19.1. The number of hydrogen-bond acceptors (Lipinski definition) is 4. The summed E-state index contributed by atoms with van der Waals surface area (Å²) in [6.45, 7) is 1.70. The van der Waals surface area contributed by atoms with Crippen LogP contribution in [0.4, 0.5) is 4.39 Å². The van der Waals surface area contributed by atoms with Crippen molar-refractivity contribution in [2.45, 2.75) is 37.8 Å². The molecule has 1 saturated carbocycles. The molecule has 110 valence electrons. The van der Waals surface area contributed by atoms with Gasteiger partial charge in [-0.25, -0.2) is 4.39 Å². The molecule has 0 bridgehead atoms. The van der Waals surface area contributed by atoms with Crippen LogP contribution in [0.2, 0.25) is 0 Å². The third-order valence-corrected chi connectivity index (χ3v) is 3.96. The molecule has 0 saturated heterocycles. The zero-order chi connectivity index (χ0) is 14.8. The minimum atomic E-state index is -0.672. The molecular weight excluding hydrogens is 261 g/mol. The van der Waals surface area contributed by atoms with Gasteiger partial charge >= 0.3 is 5.97 Å². The monoisotopic (exact) mass is 281 g/mol. The first-order valence-corrected chi connectivity index (χ1v) is 6.71. The third-order valence-electron chi connectivity index (χ3n) is 3.96. The average Bonchev–Trinajstić information content (AvgIpc) is 2.86. The maximum Gasteiger partial charge on any atom is 0.326 e. The molecular formula is C15H20FNO3. The molecule has 0 heterocycles. The summed E-state index contributed by atoms with van der Waals surface area (Å²) >= 11 is 0. The van der Waals surface area contributed by atoms with E-state index in [2.05, 4.69) is 5.32 Å². The Bertz CT molecular complexity index is 506. The molecule has 0 aliphatic heterocycles. The summed E-state index contributed by atoms with van der Waals surface area (Å²) in [6, 6.07) is 4.68. The Hall–Kier alpha value is -1.62. The fourth-order valence-electron chi connectivity index (χ4n) is 2.69. The molecule has 5 heteroatoms. The number of halogens is 1. The highest BCUT2D eigenvalue weighted by molar-refractivity contribution is 5.81. The SMILES string of the molecule is CNC1(C(=O)OC)CCC(Oc2ccc(F)c(C)c2)C1. The van der Waals surface area contributed by atoms with E-state index in [1.165, 1.54) is 13.2 Å². The Labute approximate surface area is 118 Å². The largest absolute Gasteiger partial charge is 0.490 e. The van der Waals surface area contributed by atoms with Crippen LogP contribution in [-0.2, 0) is 9.53 Å². The second-order valence-electron chi connectivity index (χ2n) is 5.22. The minimum absolute atomic E-state index is 0.0774. The highest BCUT2D eigenvalue weighted by Crippen LogP contribution is 2.33. The molecule has 0 amide bonds. The summed E-state index contributed by atoms with van der Waals surface area (Å²) in [4.78, 5) is 11.9. The standard InChI is InChI=1S/C15H20FNO3/c1-10-8-11(4-5-13(10)16)20-12-6-7-15(9-12,17-2)14(18)19-3/h4-5,8,12,17H,6-7,9H2,1-3H3. The lowest BCUT2D eigenvalue weighted by molar-refractivity contribution is -0.148. The first-order chi connectivity index (χ1) is 9.50. The molecule has 1 aliphatic carbocycles. The Morgan fingerprint density at radius 3 is 2.85 bits per heavy atom. The van der Waals surface area contributed by atoms with Crippen molar-refractivity contribution in [3.63, 3.8) is 0 Å². The van der Waals surface area contributed by atoms with E-state index in [-0.39, 0.29) is 17.9 Å². The fraction of sp³-hybridized carbons (Fsp3) is 0.533. The van der Waals surface area contributed by atoms with Crippen molar-refractivity contribution in [1.82, 2.24) is 5.32 Å². The van der Waals surface area contributed by atoms with Crippen LogP contribution < -0.4 is 10.1 Å². The number of carbonyl (C=O) groups excluding carboxylic acids is 1. The Kier molecular flexibility index (Phi) is 4.28. The van der Waals surface area contributed by atoms with Crippen LogP contribution in [-0.4, -0.2) is 31.8 Å². The molecule has 2 unspecified atom stereocenters. The molecule has 1 aromatic rings. The van der Waals surface area contributed by atoms with Gasteiger partial charge in [0.25, 0.3) is 0 Å². The van der Waals surface area contributed by atoms with E-state index in [1.54, 1.807) is 26.1 Å². The van der Waals surface area contributed by atoms with Gasteiger partial charge in [-0.3, -0.25) is 4.79 Å². The van der Waals surface area contributed by atoms with Crippen molar-refractivity contribution in [2.24, 2.45) is 0 Å². The van der Waals surface area contributed by atoms with Crippen LogP contribution in [0.3, 0.4) is 0 Å². The summed E-state index contributed by atoms with van der Waals surface area (Å²) < 4.78 is 23.9. The quantitative estimate of drug-likeness (QED) is 0.860. The van der Waals surface area contributed by atoms with Gasteiger partial charge in [-0.05, 0) is 50.6 Å². The zero-order valence-electron chi connectivity index (χ0n) is 12.0. The molecule has 1 aliphatic rings. The molecule has 4 nitrogen and oxygen atoms in total. The average molecular weight is 281 g/mol. The van der Waals surface area contributed by atoms with Crippen molar-refractivity contribution < 1.29 is 18.7 Å². The van der Waals surface area contributed by atoms with Crippen molar-refractivity contribution in [3.8, 4) is 5.75 Å². The molecule has 1 fully saturated rings. The molecule has 2 rings (SSSR count). The summed E-state index contributed by atoms with van der Waals surface area (Å²) in [7, 11) is 3.14. The summed E-state index contributed by atoms with van der Waals surface area (Å²) in [5, 5.41) is 3.05. The number of esters is 1. The van der Waals surface area contributed by atoms with Crippen LogP contribution in [0.15, 0.2) is 18.2 Å². The smallest absolute Gasteiger partial charge is 0.326 e. The van der Waals surface area contributed by atoms with Gasteiger partial charge in [0, 0.05) is 6.42 Å². The molecule has 0 radical (unpaired) electrons. The Morgan fingerprint density at radius 1 is 1.50 bits per heavy atom. The van der Waals surface area contributed by atoms with Gasteiger partial charge in [0.15, 0.2) is 0 Å². The second-order valence-corrected chi connectivity index (χ2v) is 5.22. The van der Waals surface area contributed by atoms with E-state index in [4.69, 9.17) is 9.47 Å². The van der Waals surface area contributed by atoms with Crippen molar-refractivity contribution in [2.75, 3.05) is 14.2 Å².